The summed E-state index contributed by atoms with van der Waals surface area (Å²) < 4.78 is 21.7. The molecule has 0 saturated heterocycles. The molecule has 3 aromatic rings. The average Bonchev–Trinajstić information content (AvgIpc) is 2.83. The first-order valence-electron chi connectivity index (χ1n) is 10.3. The van der Waals surface area contributed by atoms with Crippen molar-refractivity contribution in [1.82, 2.24) is 9.97 Å². The molecule has 1 aliphatic rings. The highest BCUT2D eigenvalue weighted by Gasteiger charge is 2.23. The van der Waals surface area contributed by atoms with Gasteiger partial charge in [0, 0.05) is 31.3 Å². The summed E-state index contributed by atoms with van der Waals surface area (Å²) in [5.74, 6) is 3.69. The van der Waals surface area contributed by atoms with Gasteiger partial charge in [-0.1, -0.05) is 6.07 Å². The van der Waals surface area contributed by atoms with Gasteiger partial charge in [-0.05, 0) is 59.0 Å². The number of anilines is 1. The van der Waals surface area contributed by atoms with E-state index in [1.54, 1.807) is 34.6 Å². The van der Waals surface area contributed by atoms with E-state index >= 15 is 0 Å². The number of hydrogen-bond donors (Lipinski definition) is 0. The molecule has 168 valence electrons. The van der Waals surface area contributed by atoms with Gasteiger partial charge in [0.1, 0.15) is 5.82 Å². The molecule has 0 amide bonds. The van der Waals surface area contributed by atoms with Gasteiger partial charge in [0.05, 0.1) is 28.4 Å². The van der Waals surface area contributed by atoms with Crippen LogP contribution >= 0.6 is 11.6 Å². The van der Waals surface area contributed by atoms with Crippen LogP contribution in [-0.4, -0.2) is 45.0 Å². The third kappa shape index (κ3) is 4.39. The van der Waals surface area contributed by atoms with Crippen LogP contribution in [0.3, 0.4) is 0 Å². The molecule has 32 heavy (non-hydrogen) atoms. The van der Waals surface area contributed by atoms with Crippen LogP contribution in [0.5, 0.6) is 23.0 Å². The summed E-state index contributed by atoms with van der Waals surface area (Å²) in [4.78, 5) is 11.1. The maximum Gasteiger partial charge on any atom is 0.224 e. The molecule has 2 aromatic carbocycles. The molecule has 0 N–H and O–H groups in total. The molecule has 4 rings (SSSR count). The first-order chi connectivity index (χ1) is 15.6. The van der Waals surface area contributed by atoms with Gasteiger partial charge in [0.25, 0.3) is 0 Å². The van der Waals surface area contributed by atoms with E-state index in [0.29, 0.717) is 24.5 Å². The molecule has 0 unspecified atom stereocenters. The maximum absolute atomic E-state index is 6.19. The molecule has 0 radical (unpaired) electrons. The van der Waals surface area contributed by atoms with E-state index in [2.05, 4.69) is 20.9 Å². The molecule has 0 aliphatic carbocycles. The lowest BCUT2D eigenvalue weighted by Gasteiger charge is -2.31. The number of rotatable bonds is 7. The molecule has 7 nitrogen and oxygen atoms in total. The molecule has 2 heterocycles. The second kappa shape index (κ2) is 9.53. The van der Waals surface area contributed by atoms with E-state index in [9.17, 15) is 0 Å². The number of benzene rings is 2. The van der Waals surface area contributed by atoms with E-state index in [-0.39, 0.29) is 5.28 Å². The standard InChI is InChI=1S/C24H26ClN3O4/c1-29-19-6-5-15(10-20(19)30-2)9-17-13-26-24(25)27-23(17)28-8-7-16-11-21(31-3)22(32-4)12-18(16)14-28/h5-6,10-13H,7-9,14H2,1-4H3. The SMILES string of the molecule is COc1ccc(Cc2cnc(Cl)nc2N2CCc3cc(OC)c(OC)cc3C2)cc1OC. The van der Waals surface area contributed by atoms with Gasteiger partial charge < -0.3 is 23.8 Å². The number of ether oxygens (including phenoxy) is 4. The van der Waals surface area contributed by atoms with E-state index in [1.165, 1.54) is 11.1 Å². The van der Waals surface area contributed by atoms with Crippen LogP contribution in [0, 0.1) is 0 Å². The van der Waals surface area contributed by atoms with Crippen LogP contribution in [0.4, 0.5) is 5.82 Å². The number of hydrogen-bond acceptors (Lipinski definition) is 7. The Morgan fingerprint density at radius 3 is 2.22 bits per heavy atom. The van der Waals surface area contributed by atoms with Crippen LogP contribution in [0.1, 0.15) is 22.3 Å². The second-order valence-electron chi connectivity index (χ2n) is 7.50. The highest BCUT2D eigenvalue weighted by Crippen LogP contribution is 2.35. The fourth-order valence-corrected chi connectivity index (χ4v) is 4.18. The first kappa shape index (κ1) is 22.0. The molecular weight excluding hydrogens is 430 g/mol. The van der Waals surface area contributed by atoms with E-state index in [1.807, 2.05) is 24.3 Å². The number of methoxy groups -OCH3 is 4. The molecular formula is C24H26ClN3O4. The van der Waals surface area contributed by atoms with Crippen LogP contribution in [0.2, 0.25) is 5.28 Å². The number of aromatic nitrogens is 2. The van der Waals surface area contributed by atoms with Gasteiger partial charge >= 0.3 is 0 Å². The molecule has 0 spiro atoms. The van der Waals surface area contributed by atoms with Crippen molar-refractivity contribution in [2.75, 3.05) is 39.9 Å². The summed E-state index contributed by atoms with van der Waals surface area (Å²) in [5, 5.41) is 0.231. The Labute approximate surface area is 192 Å². The lowest BCUT2D eigenvalue weighted by atomic mass is 9.98. The fraction of sp³-hybridized carbons (Fsp3) is 0.333. The van der Waals surface area contributed by atoms with Gasteiger partial charge in [0.2, 0.25) is 5.28 Å². The van der Waals surface area contributed by atoms with E-state index in [0.717, 1.165) is 41.4 Å². The summed E-state index contributed by atoms with van der Waals surface area (Å²) in [7, 11) is 6.56. The van der Waals surface area contributed by atoms with Crippen molar-refractivity contribution in [1.29, 1.82) is 0 Å². The normalized spacial score (nSPS) is 12.8. The summed E-state index contributed by atoms with van der Waals surface area (Å²) >= 11 is 6.19. The van der Waals surface area contributed by atoms with Crippen molar-refractivity contribution < 1.29 is 18.9 Å². The third-order valence-electron chi connectivity index (χ3n) is 5.67. The number of fused-ring (bicyclic) bond motifs is 1. The molecule has 0 bridgehead atoms. The predicted octanol–water partition coefficient (Wildman–Crippen LogP) is 4.32. The third-order valence-corrected chi connectivity index (χ3v) is 5.85. The van der Waals surface area contributed by atoms with Crippen LogP contribution in [0.15, 0.2) is 36.5 Å². The fourth-order valence-electron chi connectivity index (χ4n) is 4.05. The summed E-state index contributed by atoms with van der Waals surface area (Å²) in [6.45, 7) is 1.51. The zero-order valence-electron chi connectivity index (χ0n) is 18.6. The van der Waals surface area contributed by atoms with E-state index in [4.69, 9.17) is 30.5 Å². The monoisotopic (exact) mass is 455 g/mol. The molecule has 0 fully saturated rings. The highest BCUT2D eigenvalue weighted by atomic mass is 35.5. The topological polar surface area (TPSA) is 65.9 Å². The van der Waals surface area contributed by atoms with Crippen LogP contribution in [0.25, 0.3) is 0 Å². The Bertz CT molecular complexity index is 1120. The van der Waals surface area contributed by atoms with Gasteiger partial charge in [-0.25, -0.2) is 9.97 Å². The van der Waals surface area contributed by atoms with Gasteiger partial charge in [-0.15, -0.1) is 0 Å². The minimum absolute atomic E-state index is 0.231. The summed E-state index contributed by atoms with van der Waals surface area (Å²) in [6, 6.07) is 9.99. The summed E-state index contributed by atoms with van der Waals surface area (Å²) in [5.41, 5.74) is 4.49. The molecule has 1 aromatic heterocycles. The van der Waals surface area contributed by atoms with Gasteiger partial charge in [-0.2, -0.15) is 0 Å². The van der Waals surface area contributed by atoms with Crippen molar-refractivity contribution in [3.8, 4) is 23.0 Å². The minimum atomic E-state index is 0.231. The zero-order chi connectivity index (χ0) is 22.7. The Hall–Kier alpha value is -3.19. The van der Waals surface area contributed by atoms with Crippen molar-refractivity contribution in [3.05, 3.63) is 64.1 Å². The van der Waals surface area contributed by atoms with Crippen LogP contribution in [-0.2, 0) is 19.4 Å². The molecule has 1 aliphatic heterocycles. The Morgan fingerprint density at radius 2 is 1.53 bits per heavy atom. The van der Waals surface area contributed by atoms with Crippen molar-refractivity contribution in [2.24, 2.45) is 0 Å². The maximum atomic E-state index is 6.19. The quantitative estimate of drug-likeness (QED) is 0.491. The first-order valence-corrected chi connectivity index (χ1v) is 10.6. The van der Waals surface area contributed by atoms with E-state index < -0.39 is 0 Å². The number of halogens is 1. The largest absolute Gasteiger partial charge is 0.493 e. The smallest absolute Gasteiger partial charge is 0.224 e. The number of nitrogens with zero attached hydrogens (tertiary/aromatic N) is 3. The van der Waals surface area contributed by atoms with Crippen molar-refractivity contribution in [2.45, 2.75) is 19.4 Å². The second-order valence-corrected chi connectivity index (χ2v) is 7.84. The van der Waals surface area contributed by atoms with Crippen molar-refractivity contribution in [3.63, 3.8) is 0 Å². The minimum Gasteiger partial charge on any atom is -0.493 e. The van der Waals surface area contributed by atoms with Crippen molar-refractivity contribution >= 4 is 17.4 Å². The highest BCUT2D eigenvalue weighted by molar-refractivity contribution is 6.28. The molecule has 0 atom stereocenters. The lowest BCUT2D eigenvalue weighted by Crippen LogP contribution is -2.32. The summed E-state index contributed by atoms with van der Waals surface area (Å²) in [6.07, 6.45) is 3.31. The van der Waals surface area contributed by atoms with Gasteiger partial charge in [0.15, 0.2) is 23.0 Å². The average molecular weight is 456 g/mol. The Morgan fingerprint density at radius 1 is 0.875 bits per heavy atom. The zero-order valence-corrected chi connectivity index (χ0v) is 19.4. The predicted molar refractivity (Wildman–Crippen MR) is 124 cm³/mol. The molecule has 8 heteroatoms. The lowest BCUT2D eigenvalue weighted by molar-refractivity contribution is 0.353. The van der Waals surface area contributed by atoms with Gasteiger partial charge in [-0.3, -0.25) is 0 Å². The van der Waals surface area contributed by atoms with Crippen LogP contribution < -0.4 is 23.8 Å². The Balaban J connectivity index is 1.65. The molecule has 0 saturated carbocycles. The Kier molecular flexibility index (Phi) is 6.55.